The number of hydrogen-bond donors (Lipinski definition) is 1. The van der Waals surface area contributed by atoms with Gasteiger partial charge in [-0.25, -0.2) is 0 Å². The second-order valence-electron chi connectivity index (χ2n) is 4.64. The zero-order valence-electron chi connectivity index (χ0n) is 9.95. The van der Waals surface area contributed by atoms with Gasteiger partial charge in [0.2, 0.25) is 0 Å². The molecule has 0 unspecified atom stereocenters. The van der Waals surface area contributed by atoms with Gasteiger partial charge in [-0.1, -0.05) is 12.1 Å². The summed E-state index contributed by atoms with van der Waals surface area (Å²) in [5.41, 5.74) is 0.231. The first-order valence-corrected chi connectivity index (χ1v) is 6.02. The second kappa shape index (κ2) is 5.28. The van der Waals surface area contributed by atoms with E-state index in [1.54, 1.807) is 0 Å². The van der Waals surface area contributed by atoms with Crippen molar-refractivity contribution in [3.63, 3.8) is 0 Å². The summed E-state index contributed by atoms with van der Waals surface area (Å²) in [4.78, 5) is 2.11. The minimum atomic E-state index is -4.28. The lowest BCUT2D eigenvalue weighted by atomic mass is 10.1. The van der Waals surface area contributed by atoms with Gasteiger partial charge in [0.15, 0.2) is 0 Å². The molecule has 1 atom stereocenters. The highest BCUT2D eigenvalue weighted by Crippen LogP contribution is 2.29. The van der Waals surface area contributed by atoms with Crippen molar-refractivity contribution in [2.75, 3.05) is 13.2 Å². The van der Waals surface area contributed by atoms with Gasteiger partial charge in [0, 0.05) is 12.6 Å². The molecule has 1 saturated heterocycles. The summed E-state index contributed by atoms with van der Waals surface area (Å²) in [5, 5.41) is 9.17. The summed E-state index contributed by atoms with van der Waals surface area (Å²) in [6.07, 6.45) is -2.29. The van der Waals surface area contributed by atoms with E-state index in [1.165, 1.54) is 12.1 Å². The molecule has 1 aliphatic rings. The zero-order valence-corrected chi connectivity index (χ0v) is 9.95. The molecule has 1 aliphatic heterocycles. The number of halogens is 3. The Balaban J connectivity index is 2.02. The van der Waals surface area contributed by atoms with Gasteiger partial charge in [-0.3, -0.25) is 4.90 Å². The summed E-state index contributed by atoms with van der Waals surface area (Å²) >= 11 is 0. The summed E-state index contributed by atoms with van der Waals surface area (Å²) < 4.78 is 37.2. The Morgan fingerprint density at radius 1 is 1.22 bits per heavy atom. The van der Waals surface area contributed by atoms with E-state index in [1.807, 2.05) is 0 Å². The minimum Gasteiger partial charge on any atom is -0.395 e. The van der Waals surface area contributed by atoms with E-state index in [9.17, 15) is 18.3 Å². The molecule has 0 radical (unpaired) electrons. The molecule has 5 heteroatoms. The van der Waals surface area contributed by atoms with Crippen LogP contribution in [-0.4, -0.2) is 29.2 Å². The third kappa shape index (κ3) is 3.03. The van der Waals surface area contributed by atoms with Crippen LogP contribution in [0.25, 0.3) is 0 Å². The molecule has 2 rings (SSSR count). The van der Waals surface area contributed by atoms with E-state index in [4.69, 9.17) is 0 Å². The topological polar surface area (TPSA) is 23.5 Å². The summed E-state index contributed by atoms with van der Waals surface area (Å²) in [5.74, 6) is 0. The third-order valence-corrected chi connectivity index (χ3v) is 3.38. The van der Waals surface area contributed by atoms with Crippen LogP contribution >= 0.6 is 0 Å². The van der Waals surface area contributed by atoms with Gasteiger partial charge in [0.25, 0.3) is 0 Å². The molecule has 1 fully saturated rings. The fraction of sp³-hybridized carbons (Fsp3) is 0.538. The average molecular weight is 259 g/mol. The maximum atomic E-state index is 12.4. The highest BCUT2D eigenvalue weighted by atomic mass is 19.4. The largest absolute Gasteiger partial charge is 0.416 e. The van der Waals surface area contributed by atoms with Crippen LogP contribution in [0.15, 0.2) is 24.3 Å². The molecule has 0 bridgehead atoms. The molecule has 1 aromatic carbocycles. The van der Waals surface area contributed by atoms with Crippen molar-refractivity contribution >= 4 is 0 Å². The molecule has 2 nitrogen and oxygen atoms in total. The van der Waals surface area contributed by atoms with Gasteiger partial charge in [-0.05, 0) is 37.1 Å². The van der Waals surface area contributed by atoms with E-state index in [2.05, 4.69) is 4.90 Å². The lowest BCUT2D eigenvalue weighted by Crippen LogP contribution is -2.31. The number of aliphatic hydroxyl groups excluding tert-OH is 1. The molecule has 0 aromatic heterocycles. The first-order chi connectivity index (χ1) is 8.50. The van der Waals surface area contributed by atoms with E-state index in [0.29, 0.717) is 6.54 Å². The third-order valence-electron chi connectivity index (χ3n) is 3.38. The van der Waals surface area contributed by atoms with Gasteiger partial charge in [-0.2, -0.15) is 13.2 Å². The first-order valence-electron chi connectivity index (χ1n) is 6.02. The maximum absolute atomic E-state index is 12.4. The fourth-order valence-electron chi connectivity index (χ4n) is 2.34. The number of hydrogen-bond acceptors (Lipinski definition) is 2. The van der Waals surface area contributed by atoms with Crippen molar-refractivity contribution in [1.82, 2.24) is 4.90 Å². The Kier molecular flexibility index (Phi) is 3.92. The molecule has 18 heavy (non-hydrogen) atoms. The second-order valence-corrected chi connectivity index (χ2v) is 4.64. The molecule has 0 saturated carbocycles. The van der Waals surface area contributed by atoms with Crippen molar-refractivity contribution in [2.24, 2.45) is 0 Å². The van der Waals surface area contributed by atoms with Crippen molar-refractivity contribution < 1.29 is 18.3 Å². The highest BCUT2D eigenvalue weighted by molar-refractivity contribution is 5.24. The van der Waals surface area contributed by atoms with Gasteiger partial charge in [0.1, 0.15) is 0 Å². The number of nitrogens with zero attached hydrogens (tertiary/aromatic N) is 1. The molecule has 0 amide bonds. The van der Waals surface area contributed by atoms with Crippen LogP contribution in [0, 0.1) is 0 Å². The summed E-state index contributed by atoms with van der Waals surface area (Å²) in [7, 11) is 0. The Morgan fingerprint density at radius 3 is 2.44 bits per heavy atom. The van der Waals surface area contributed by atoms with E-state index < -0.39 is 11.7 Å². The molecule has 0 spiro atoms. The number of alkyl halides is 3. The Labute approximate surface area is 104 Å². The van der Waals surface area contributed by atoms with Crippen molar-refractivity contribution in [3.05, 3.63) is 35.4 Å². The number of benzene rings is 1. The quantitative estimate of drug-likeness (QED) is 0.902. The summed E-state index contributed by atoms with van der Waals surface area (Å²) in [6, 6.07) is 5.39. The predicted molar refractivity (Wildman–Crippen MR) is 62.0 cm³/mol. The molecule has 100 valence electrons. The SMILES string of the molecule is OC[C@@H]1CCCN1Cc1ccc(C(F)(F)F)cc1. The number of rotatable bonds is 3. The molecular weight excluding hydrogens is 243 g/mol. The standard InChI is InChI=1S/C13H16F3NO/c14-13(15,16)11-5-3-10(4-6-11)8-17-7-1-2-12(17)9-18/h3-6,12,18H,1-2,7-9H2/t12-/m0/s1. The van der Waals surface area contributed by atoms with Crippen molar-refractivity contribution in [2.45, 2.75) is 31.6 Å². The van der Waals surface area contributed by atoms with Gasteiger partial charge >= 0.3 is 6.18 Å². The summed E-state index contributed by atoms with van der Waals surface area (Å²) in [6.45, 7) is 1.61. The molecule has 1 aromatic rings. The minimum absolute atomic E-state index is 0.112. The lowest BCUT2D eigenvalue weighted by molar-refractivity contribution is -0.137. The first kappa shape index (κ1) is 13.4. The molecular formula is C13H16F3NO. The molecule has 0 aliphatic carbocycles. The average Bonchev–Trinajstić information content (AvgIpc) is 2.76. The number of aliphatic hydroxyl groups is 1. The predicted octanol–water partition coefficient (Wildman–Crippen LogP) is 2.66. The van der Waals surface area contributed by atoms with Crippen LogP contribution in [0.1, 0.15) is 24.0 Å². The van der Waals surface area contributed by atoms with Crippen LogP contribution in [0.3, 0.4) is 0 Å². The van der Waals surface area contributed by atoms with Gasteiger partial charge < -0.3 is 5.11 Å². The highest BCUT2D eigenvalue weighted by Gasteiger charge is 2.30. The lowest BCUT2D eigenvalue weighted by Gasteiger charge is -2.22. The monoisotopic (exact) mass is 259 g/mol. The Bertz CT molecular complexity index is 388. The van der Waals surface area contributed by atoms with Crippen LogP contribution < -0.4 is 0 Å². The smallest absolute Gasteiger partial charge is 0.395 e. The van der Waals surface area contributed by atoms with Crippen molar-refractivity contribution in [1.29, 1.82) is 0 Å². The van der Waals surface area contributed by atoms with Gasteiger partial charge in [0.05, 0.1) is 12.2 Å². The van der Waals surface area contributed by atoms with Gasteiger partial charge in [-0.15, -0.1) is 0 Å². The van der Waals surface area contributed by atoms with Crippen LogP contribution in [0.2, 0.25) is 0 Å². The van der Waals surface area contributed by atoms with E-state index >= 15 is 0 Å². The maximum Gasteiger partial charge on any atom is 0.416 e. The van der Waals surface area contributed by atoms with E-state index in [0.717, 1.165) is 37.1 Å². The Morgan fingerprint density at radius 2 is 1.89 bits per heavy atom. The van der Waals surface area contributed by atoms with Crippen molar-refractivity contribution in [3.8, 4) is 0 Å². The van der Waals surface area contributed by atoms with Crippen LogP contribution in [0.4, 0.5) is 13.2 Å². The zero-order chi connectivity index (χ0) is 13.2. The van der Waals surface area contributed by atoms with Crippen LogP contribution in [0.5, 0.6) is 0 Å². The van der Waals surface area contributed by atoms with Crippen LogP contribution in [-0.2, 0) is 12.7 Å². The molecule has 1 N–H and O–H groups in total. The molecule has 1 heterocycles. The Hall–Kier alpha value is -1.07. The number of likely N-dealkylation sites (tertiary alicyclic amines) is 1. The normalized spacial score (nSPS) is 21.4. The van der Waals surface area contributed by atoms with E-state index in [-0.39, 0.29) is 12.6 Å². The fourth-order valence-corrected chi connectivity index (χ4v) is 2.34.